The van der Waals surface area contributed by atoms with E-state index in [1.54, 1.807) is 20.2 Å². The lowest BCUT2D eigenvalue weighted by Gasteiger charge is -2.13. The molecule has 2 aromatic heterocycles. The first-order valence-corrected chi connectivity index (χ1v) is 6.64. The molecule has 1 N–H and O–H groups in total. The molecule has 8 nitrogen and oxygen atoms in total. The maximum Gasteiger partial charge on any atom is 0.341 e. The van der Waals surface area contributed by atoms with E-state index in [2.05, 4.69) is 25.5 Å². The summed E-state index contributed by atoms with van der Waals surface area (Å²) in [5.41, 5.74) is 0.935. The quantitative estimate of drug-likeness (QED) is 0.828. The first-order valence-electron chi connectivity index (χ1n) is 6.64. The first kappa shape index (κ1) is 14.9. The minimum absolute atomic E-state index is 0.106. The molecule has 2 rings (SSSR count). The summed E-state index contributed by atoms with van der Waals surface area (Å²) in [5.74, 6) is 0.782. The number of hydrogen-bond donors (Lipinski definition) is 1. The van der Waals surface area contributed by atoms with Gasteiger partial charge in [-0.25, -0.2) is 14.8 Å². The number of carbonyl (C=O) groups excluding carboxylic acids is 1. The minimum Gasteiger partial charge on any atom is -0.462 e. The summed E-state index contributed by atoms with van der Waals surface area (Å²) in [6, 6.07) is -0.106. The Balaban J connectivity index is 2.13. The number of aryl methyl sites for hydroxylation is 2. The molecule has 0 saturated carbocycles. The zero-order valence-corrected chi connectivity index (χ0v) is 12.5. The van der Waals surface area contributed by atoms with Crippen LogP contribution in [-0.2, 0) is 11.8 Å². The molecule has 0 fully saturated rings. The Bertz CT molecular complexity index is 639. The predicted molar refractivity (Wildman–Crippen MR) is 75.8 cm³/mol. The van der Waals surface area contributed by atoms with Gasteiger partial charge in [0, 0.05) is 13.2 Å². The normalized spacial score (nSPS) is 12.0. The molecule has 0 aliphatic carbocycles. The van der Waals surface area contributed by atoms with Crippen molar-refractivity contribution in [1.82, 2.24) is 24.7 Å². The molecule has 0 aromatic carbocycles. The number of nitrogens with one attached hydrogen (secondary N) is 1. The second-order valence-electron chi connectivity index (χ2n) is 4.58. The maximum atomic E-state index is 11.7. The molecular formula is C13H18N6O2. The number of carbonyl (C=O) groups is 1. The van der Waals surface area contributed by atoms with E-state index in [0.29, 0.717) is 23.8 Å². The first-order chi connectivity index (χ1) is 10.0. The number of anilines is 1. The SMILES string of the molecule is CCOC(=O)c1cnc(NC(C)c2nncn2C)nc1C. The highest BCUT2D eigenvalue weighted by Gasteiger charge is 2.15. The lowest BCUT2D eigenvalue weighted by atomic mass is 10.2. The number of esters is 1. The van der Waals surface area contributed by atoms with Crippen molar-refractivity contribution in [3.05, 3.63) is 29.6 Å². The molecule has 0 amide bonds. The Hall–Kier alpha value is -2.51. The lowest BCUT2D eigenvalue weighted by molar-refractivity contribution is 0.0524. The van der Waals surface area contributed by atoms with Crippen LogP contribution in [0.5, 0.6) is 0 Å². The van der Waals surface area contributed by atoms with Crippen molar-refractivity contribution in [1.29, 1.82) is 0 Å². The number of aromatic nitrogens is 5. The molecule has 0 aliphatic heterocycles. The van der Waals surface area contributed by atoms with Crippen LogP contribution in [0.1, 0.15) is 41.8 Å². The van der Waals surface area contributed by atoms with Crippen LogP contribution in [0.15, 0.2) is 12.5 Å². The maximum absolute atomic E-state index is 11.7. The molecule has 1 atom stereocenters. The van der Waals surface area contributed by atoms with Crippen molar-refractivity contribution in [3.63, 3.8) is 0 Å². The van der Waals surface area contributed by atoms with E-state index in [9.17, 15) is 4.79 Å². The molecule has 1 unspecified atom stereocenters. The minimum atomic E-state index is -0.414. The van der Waals surface area contributed by atoms with Gasteiger partial charge in [0.2, 0.25) is 5.95 Å². The molecule has 0 radical (unpaired) electrons. The van der Waals surface area contributed by atoms with Crippen molar-refractivity contribution in [2.75, 3.05) is 11.9 Å². The van der Waals surface area contributed by atoms with E-state index in [-0.39, 0.29) is 6.04 Å². The Kier molecular flexibility index (Phi) is 4.46. The van der Waals surface area contributed by atoms with Crippen LogP contribution in [0.3, 0.4) is 0 Å². The highest BCUT2D eigenvalue weighted by atomic mass is 16.5. The van der Waals surface area contributed by atoms with E-state index in [1.165, 1.54) is 6.20 Å². The standard InChI is InChI=1S/C13H18N6O2/c1-5-21-12(20)10-6-14-13(16-8(10)2)17-9(3)11-18-15-7-19(11)4/h6-7,9H,5H2,1-4H3,(H,14,16,17). The molecule has 112 valence electrons. The summed E-state index contributed by atoms with van der Waals surface area (Å²) in [6.45, 7) is 5.75. The molecule has 0 bridgehead atoms. The number of nitrogens with zero attached hydrogens (tertiary/aromatic N) is 5. The summed E-state index contributed by atoms with van der Waals surface area (Å²) in [7, 11) is 1.86. The molecule has 2 aromatic rings. The number of ether oxygens (including phenoxy) is 1. The van der Waals surface area contributed by atoms with Gasteiger partial charge in [-0.1, -0.05) is 0 Å². The molecule has 8 heteroatoms. The molecular weight excluding hydrogens is 272 g/mol. The third-order valence-electron chi connectivity index (χ3n) is 2.95. The number of rotatable bonds is 5. The summed E-state index contributed by atoms with van der Waals surface area (Å²) in [5, 5.41) is 11.0. The summed E-state index contributed by atoms with van der Waals surface area (Å²) in [4.78, 5) is 20.1. The summed E-state index contributed by atoms with van der Waals surface area (Å²) < 4.78 is 6.76. The second kappa shape index (κ2) is 6.29. The highest BCUT2D eigenvalue weighted by Crippen LogP contribution is 2.15. The fraction of sp³-hybridized carbons (Fsp3) is 0.462. The Morgan fingerprint density at radius 3 is 2.86 bits per heavy atom. The molecule has 21 heavy (non-hydrogen) atoms. The second-order valence-corrected chi connectivity index (χ2v) is 4.58. The third kappa shape index (κ3) is 3.33. The monoisotopic (exact) mass is 290 g/mol. The van der Waals surface area contributed by atoms with Gasteiger partial charge >= 0.3 is 5.97 Å². The van der Waals surface area contributed by atoms with Crippen LogP contribution in [0.4, 0.5) is 5.95 Å². The predicted octanol–water partition coefficient (Wildman–Crippen LogP) is 1.26. The van der Waals surface area contributed by atoms with Crippen LogP contribution in [0.2, 0.25) is 0 Å². The zero-order valence-electron chi connectivity index (χ0n) is 12.5. The molecule has 0 spiro atoms. The Morgan fingerprint density at radius 2 is 2.29 bits per heavy atom. The van der Waals surface area contributed by atoms with Crippen LogP contribution >= 0.6 is 0 Å². The Labute approximate surface area is 122 Å². The van der Waals surface area contributed by atoms with E-state index in [1.807, 2.05) is 18.5 Å². The average molecular weight is 290 g/mol. The van der Waals surface area contributed by atoms with Gasteiger partial charge < -0.3 is 14.6 Å². The van der Waals surface area contributed by atoms with Crippen molar-refractivity contribution < 1.29 is 9.53 Å². The van der Waals surface area contributed by atoms with Crippen LogP contribution in [0.25, 0.3) is 0 Å². The van der Waals surface area contributed by atoms with E-state index >= 15 is 0 Å². The van der Waals surface area contributed by atoms with Crippen LogP contribution < -0.4 is 5.32 Å². The lowest BCUT2D eigenvalue weighted by Crippen LogP contribution is -2.15. The van der Waals surface area contributed by atoms with Gasteiger partial charge in [0.1, 0.15) is 6.33 Å². The van der Waals surface area contributed by atoms with Crippen molar-refractivity contribution >= 4 is 11.9 Å². The van der Waals surface area contributed by atoms with Gasteiger partial charge in [0.05, 0.1) is 23.9 Å². The van der Waals surface area contributed by atoms with Crippen molar-refractivity contribution in [3.8, 4) is 0 Å². The van der Waals surface area contributed by atoms with Gasteiger partial charge in [-0.05, 0) is 20.8 Å². The van der Waals surface area contributed by atoms with Gasteiger partial charge in [-0.3, -0.25) is 0 Å². The van der Waals surface area contributed by atoms with Gasteiger partial charge in [0.15, 0.2) is 5.82 Å². The van der Waals surface area contributed by atoms with Gasteiger partial charge in [-0.15, -0.1) is 10.2 Å². The van der Waals surface area contributed by atoms with E-state index in [4.69, 9.17) is 4.74 Å². The van der Waals surface area contributed by atoms with Gasteiger partial charge in [-0.2, -0.15) is 0 Å². The van der Waals surface area contributed by atoms with E-state index < -0.39 is 5.97 Å². The van der Waals surface area contributed by atoms with Crippen molar-refractivity contribution in [2.45, 2.75) is 26.8 Å². The topological polar surface area (TPSA) is 94.8 Å². The zero-order chi connectivity index (χ0) is 15.4. The fourth-order valence-corrected chi connectivity index (χ4v) is 1.89. The highest BCUT2D eigenvalue weighted by molar-refractivity contribution is 5.90. The van der Waals surface area contributed by atoms with Crippen LogP contribution in [0, 0.1) is 6.92 Å². The van der Waals surface area contributed by atoms with Crippen LogP contribution in [-0.4, -0.2) is 37.3 Å². The fourth-order valence-electron chi connectivity index (χ4n) is 1.89. The Morgan fingerprint density at radius 1 is 1.52 bits per heavy atom. The largest absolute Gasteiger partial charge is 0.462 e. The smallest absolute Gasteiger partial charge is 0.341 e. The molecule has 0 aliphatic rings. The third-order valence-corrected chi connectivity index (χ3v) is 2.95. The molecule has 2 heterocycles. The van der Waals surface area contributed by atoms with Gasteiger partial charge in [0.25, 0.3) is 0 Å². The number of hydrogen-bond acceptors (Lipinski definition) is 7. The van der Waals surface area contributed by atoms with Crippen molar-refractivity contribution in [2.24, 2.45) is 7.05 Å². The molecule has 0 saturated heterocycles. The van der Waals surface area contributed by atoms with E-state index in [0.717, 1.165) is 5.82 Å². The summed E-state index contributed by atoms with van der Waals surface area (Å²) in [6.07, 6.45) is 3.09. The average Bonchev–Trinajstić information content (AvgIpc) is 2.85. The summed E-state index contributed by atoms with van der Waals surface area (Å²) >= 11 is 0.